The Morgan fingerprint density at radius 1 is 0.939 bits per heavy atom. The Bertz CT molecular complexity index is 1290. The minimum absolute atomic E-state index is 0.313. The molecule has 0 aliphatic carbocycles. The molecule has 0 aliphatic rings. The van der Waals surface area contributed by atoms with E-state index < -0.39 is 24.2 Å². The van der Waals surface area contributed by atoms with E-state index in [1.54, 1.807) is 13.8 Å². The van der Waals surface area contributed by atoms with Crippen LogP contribution >= 0.6 is 0 Å². The monoisotopic (exact) mass is 458 g/mol. The summed E-state index contributed by atoms with van der Waals surface area (Å²) >= 11 is 0. The number of halogens is 4. The fourth-order valence-electron chi connectivity index (χ4n) is 3.98. The van der Waals surface area contributed by atoms with Gasteiger partial charge in [0.15, 0.2) is 0 Å². The van der Waals surface area contributed by atoms with Gasteiger partial charge in [0.05, 0.1) is 17.4 Å². The number of fused-ring (bicyclic) bond motifs is 1. The van der Waals surface area contributed by atoms with Crippen molar-refractivity contribution in [3.05, 3.63) is 88.9 Å². The SMILES string of the molecule is Cc1cc(C)c(OCC(O)(c2ccc3c(cnn3-c3ccc(F)cc3)c2)C(F)(F)F)c(C)c1. The van der Waals surface area contributed by atoms with Gasteiger partial charge in [-0.3, -0.25) is 0 Å². The van der Waals surface area contributed by atoms with Crippen LogP contribution in [0.15, 0.2) is 60.8 Å². The van der Waals surface area contributed by atoms with E-state index in [2.05, 4.69) is 5.10 Å². The van der Waals surface area contributed by atoms with Crippen LogP contribution in [0.25, 0.3) is 16.6 Å². The molecule has 1 N–H and O–H groups in total. The van der Waals surface area contributed by atoms with Crippen molar-refractivity contribution in [2.24, 2.45) is 0 Å². The maximum atomic E-state index is 14.1. The lowest BCUT2D eigenvalue weighted by molar-refractivity contribution is -0.275. The molecule has 4 aromatic rings. The first kappa shape index (κ1) is 22.8. The fourth-order valence-corrected chi connectivity index (χ4v) is 3.98. The van der Waals surface area contributed by atoms with Crippen LogP contribution in [0.2, 0.25) is 0 Å². The van der Waals surface area contributed by atoms with Crippen molar-refractivity contribution in [2.75, 3.05) is 6.61 Å². The van der Waals surface area contributed by atoms with Crippen LogP contribution in [-0.2, 0) is 5.60 Å². The Morgan fingerprint density at radius 2 is 1.58 bits per heavy atom. The Labute approximate surface area is 188 Å². The average molecular weight is 458 g/mol. The second-order valence-electron chi connectivity index (χ2n) is 8.18. The number of alkyl halides is 3. The number of aromatic nitrogens is 2. The minimum atomic E-state index is -4.99. The zero-order valence-corrected chi connectivity index (χ0v) is 18.2. The van der Waals surface area contributed by atoms with Gasteiger partial charge in [0.25, 0.3) is 0 Å². The molecule has 3 aromatic carbocycles. The van der Waals surface area contributed by atoms with Crippen LogP contribution in [0.1, 0.15) is 22.3 Å². The molecule has 0 radical (unpaired) electrons. The third-order valence-electron chi connectivity index (χ3n) is 5.62. The van der Waals surface area contributed by atoms with Crippen molar-refractivity contribution in [2.45, 2.75) is 32.5 Å². The molecule has 4 nitrogen and oxygen atoms in total. The Hall–Kier alpha value is -3.39. The predicted octanol–water partition coefficient (Wildman–Crippen LogP) is 5.92. The van der Waals surface area contributed by atoms with Crippen molar-refractivity contribution in [3.8, 4) is 11.4 Å². The number of hydrogen-bond donors (Lipinski definition) is 1. The van der Waals surface area contributed by atoms with Crippen molar-refractivity contribution >= 4 is 10.9 Å². The van der Waals surface area contributed by atoms with Gasteiger partial charge in [0.1, 0.15) is 18.2 Å². The maximum absolute atomic E-state index is 14.1. The molecule has 0 aliphatic heterocycles. The smallest absolute Gasteiger partial charge is 0.424 e. The van der Waals surface area contributed by atoms with E-state index in [1.807, 2.05) is 19.1 Å². The highest BCUT2D eigenvalue weighted by atomic mass is 19.4. The quantitative estimate of drug-likeness (QED) is 0.378. The van der Waals surface area contributed by atoms with E-state index in [-0.39, 0.29) is 5.56 Å². The zero-order chi connectivity index (χ0) is 24.0. The van der Waals surface area contributed by atoms with E-state index in [4.69, 9.17) is 4.74 Å². The third kappa shape index (κ3) is 4.18. The van der Waals surface area contributed by atoms with Crippen molar-refractivity contribution in [1.82, 2.24) is 9.78 Å². The van der Waals surface area contributed by atoms with Crippen LogP contribution < -0.4 is 4.74 Å². The summed E-state index contributed by atoms with van der Waals surface area (Å²) in [6.45, 7) is 4.38. The molecule has 0 amide bonds. The molecule has 0 saturated heterocycles. The van der Waals surface area contributed by atoms with Gasteiger partial charge in [-0.1, -0.05) is 23.8 Å². The summed E-state index contributed by atoms with van der Waals surface area (Å²) in [5.74, 6) is -0.0970. The standard InChI is InChI=1S/C25H22F4N2O2/c1-15-10-16(2)23(17(3)11-15)33-14-24(32,25(27,28)29)19-4-9-22-18(12-19)13-30-31(22)21-7-5-20(26)6-8-21/h4-13,32H,14H2,1-3H3. The molecule has 0 saturated carbocycles. The summed E-state index contributed by atoms with van der Waals surface area (Å²) in [6.07, 6.45) is -3.59. The number of rotatable bonds is 5. The summed E-state index contributed by atoms with van der Waals surface area (Å²) in [5, 5.41) is 15.4. The fraction of sp³-hybridized carbons (Fsp3) is 0.240. The van der Waals surface area contributed by atoms with Crippen molar-refractivity contribution < 1.29 is 27.4 Å². The van der Waals surface area contributed by atoms with Gasteiger partial charge in [-0.05, 0) is 73.9 Å². The van der Waals surface area contributed by atoms with Gasteiger partial charge in [0, 0.05) is 5.39 Å². The van der Waals surface area contributed by atoms with Gasteiger partial charge in [0.2, 0.25) is 5.60 Å². The lowest BCUT2D eigenvalue weighted by Crippen LogP contribution is -2.47. The molecule has 1 heterocycles. The number of aliphatic hydroxyl groups is 1. The first-order chi connectivity index (χ1) is 15.5. The Kier molecular flexibility index (Phi) is 5.66. The molecular weight excluding hydrogens is 436 g/mol. The number of benzene rings is 3. The second kappa shape index (κ2) is 8.19. The molecule has 4 rings (SSSR count). The van der Waals surface area contributed by atoms with E-state index in [9.17, 15) is 22.7 Å². The molecule has 172 valence electrons. The van der Waals surface area contributed by atoms with Gasteiger partial charge in [-0.2, -0.15) is 18.3 Å². The first-order valence-electron chi connectivity index (χ1n) is 10.2. The summed E-state index contributed by atoms with van der Waals surface area (Å²) in [4.78, 5) is 0. The van der Waals surface area contributed by atoms with E-state index in [0.29, 0.717) is 33.5 Å². The van der Waals surface area contributed by atoms with Crippen LogP contribution in [-0.4, -0.2) is 27.7 Å². The highest BCUT2D eigenvalue weighted by molar-refractivity contribution is 5.81. The minimum Gasteiger partial charge on any atom is -0.489 e. The highest BCUT2D eigenvalue weighted by Gasteiger charge is 2.56. The number of hydrogen-bond acceptors (Lipinski definition) is 3. The third-order valence-corrected chi connectivity index (χ3v) is 5.62. The van der Waals surface area contributed by atoms with Gasteiger partial charge in [-0.15, -0.1) is 0 Å². The molecule has 8 heteroatoms. The van der Waals surface area contributed by atoms with E-state index in [0.717, 1.165) is 5.56 Å². The topological polar surface area (TPSA) is 47.3 Å². The lowest BCUT2D eigenvalue weighted by atomic mass is 9.93. The van der Waals surface area contributed by atoms with E-state index >= 15 is 0 Å². The summed E-state index contributed by atoms with van der Waals surface area (Å²) < 4.78 is 62.5. The highest BCUT2D eigenvalue weighted by Crippen LogP contribution is 2.41. The van der Waals surface area contributed by atoms with E-state index in [1.165, 1.54) is 53.3 Å². The lowest BCUT2D eigenvalue weighted by Gasteiger charge is -2.31. The number of aryl methyl sites for hydroxylation is 3. The van der Waals surface area contributed by atoms with Crippen LogP contribution in [0.4, 0.5) is 17.6 Å². The maximum Gasteiger partial charge on any atom is 0.424 e. The number of nitrogens with zero attached hydrogens (tertiary/aromatic N) is 2. The van der Waals surface area contributed by atoms with Crippen LogP contribution in [0.3, 0.4) is 0 Å². The second-order valence-corrected chi connectivity index (χ2v) is 8.18. The first-order valence-corrected chi connectivity index (χ1v) is 10.2. The average Bonchev–Trinajstić information content (AvgIpc) is 3.16. The van der Waals surface area contributed by atoms with Crippen LogP contribution in [0, 0.1) is 26.6 Å². The van der Waals surface area contributed by atoms with Crippen molar-refractivity contribution in [3.63, 3.8) is 0 Å². The molecule has 1 unspecified atom stereocenters. The molecule has 0 spiro atoms. The Morgan fingerprint density at radius 3 is 2.18 bits per heavy atom. The molecular formula is C25H22F4N2O2. The largest absolute Gasteiger partial charge is 0.489 e. The molecule has 33 heavy (non-hydrogen) atoms. The van der Waals surface area contributed by atoms with Gasteiger partial charge < -0.3 is 9.84 Å². The summed E-state index contributed by atoms with van der Waals surface area (Å²) in [6, 6.07) is 13.1. The molecule has 0 fully saturated rings. The normalized spacial score (nSPS) is 13.8. The van der Waals surface area contributed by atoms with Crippen molar-refractivity contribution in [1.29, 1.82) is 0 Å². The van der Waals surface area contributed by atoms with Crippen LogP contribution in [0.5, 0.6) is 5.75 Å². The predicted molar refractivity (Wildman–Crippen MR) is 117 cm³/mol. The van der Waals surface area contributed by atoms with Gasteiger partial charge in [-0.25, -0.2) is 9.07 Å². The van der Waals surface area contributed by atoms with Gasteiger partial charge >= 0.3 is 6.18 Å². The Balaban J connectivity index is 1.71. The molecule has 1 aromatic heterocycles. The molecule has 0 bridgehead atoms. The summed E-state index contributed by atoms with van der Waals surface area (Å²) in [5.41, 5.74) is -0.181. The number of ether oxygens (including phenoxy) is 1. The summed E-state index contributed by atoms with van der Waals surface area (Å²) in [7, 11) is 0. The molecule has 1 atom stereocenters. The zero-order valence-electron chi connectivity index (χ0n) is 18.2.